The summed E-state index contributed by atoms with van der Waals surface area (Å²) in [5.74, 6) is -0.410. The summed E-state index contributed by atoms with van der Waals surface area (Å²) in [6, 6.07) is 24.0. The van der Waals surface area contributed by atoms with Crippen LogP contribution in [0, 0.1) is 0 Å². The van der Waals surface area contributed by atoms with Crippen molar-refractivity contribution < 1.29 is 14.7 Å². The van der Waals surface area contributed by atoms with E-state index in [1.54, 1.807) is 30.6 Å². The summed E-state index contributed by atoms with van der Waals surface area (Å²) in [5, 5.41) is 21.4. The second-order valence-electron chi connectivity index (χ2n) is 8.88. The third kappa shape index (κ3) is 4.42. The number of fused-ring (bicyclic) bond motifs is 2. The lowest BCUT2D eigenvalue weighted by Crippen LogP contribution is -2.12. The zero-order valence-electron chi connectivity index (χ0n) is 20.3. The first-order valence-corrected chi connectivity index (χ1v) is 12.1. The molecular weight excluding hydrogens is 480 g/mol. The fourth-order valence-corrected chi connectivity index (χ4v) is 4.52. The van der Waals surface area contributed by atoms with E-state index in [4.69, 9.17) is 0 Å². The second kappa shape index (κ2) is 9.72. The highest BCUT2D eigenvalue weighted by molar-refractivity contribution is 6.07. The van der Waals surface area contributed by atoms with Gasteiger partial charge in [-0.2, -0.15) is 5.10 Å². The highest BCUT2D eigenvalue weighted by Gasteiger charge is 2.12. The van der Waals surface area contributed by atoms with Gasteiger partial charge in [0.1, 0.15) is 5.69 Å². The number of anilines is 2. The van der Waals surface area contributed by atoms with Gasteiger partial charge in [-0.25, -0.2) is 4.68 Å². The number of benzene rings is 3. The summed E-state index contributed by atoms with van der Waals surface area (Å²) < 4.78 is 3.76. The lowest BCUT2D eigenvalue weighted by Gasteiger charge is -2.09. The van der Waals surface area contributed by atoms with Crippen molar-refractivity contribution in [1.29, 1.82) is 0 Å². The van der Waals surface area contributed by atoms with Crippen molar-refractivity contribution in [2.75, 3.05) is 17.2 Å². The number of rotatable bonds is 7. The van der Waals surface area contributed by atoms with Crippen molar-refractivity contribution in [3.8, 4) is 5.69 Å². The van der Waals surface area contributed by atoms with E-state index in [1.165, 1.54) is 0 Å². The molecule has 0 radical (unpaired) electrons. The fourth-order valence-electron chi connectivity index (χ4n) is 4.52. The number of carbonyl (C=O) groups is 2. The molecule has 0 spiro atoms. The lowest BCUT2D eigenvalue weighted by atomic mass is 10.1. The van der Waals surface area contributed by atoms with E-state index in [-0.39, 0.29) is 18.4 Å². The molecule has 0 saturated carbocycles. The van der Waals surface area contributed by atoms with Crippen LogP contribution in [0.15, 0.2) is 97.5 Å². The summed E-state index contributed by atoms with van der Waals surface area (Å²) in [4.78, 5) is 28.1. The Morgan fingerprint density at radius 3 is 2.42 bits per heavy atom. The van der Waals surface area contributed by atoms with E-state index < -0.39 is 0 Å². The van der Waals surface area contributed by atoms with Gasteiger partial charge in [0.05, 0.1) is 24.0 Å². The summed E-state index contributed by atoms with van der Waals surface area (Å²) in [6.07, 6.45) is 5.36. The number of hydrogen-bond acceptors (Lipinski definition) is 4. The number of hydrogen-bond donors (Lipinski definition) is 4. The standard InChI is InChI=1S/C29H24N6O3/c36-15-14-34-13-11-19-16-20(3-9-26(19)34)28(37)33-23-6-10-27-21(17-23)18-31-35(27)24-7-4-22(5-8-24)32-29(38)25-2-1-12-30-25/h1-13,16-18,30,36H,14-15H2,(H,32,38)(H,33,37). The van der Waals surface area contributed by atoms with Gasteiger partial charge in [-0.3, -0.25) is 9.59 Å². The number of aliphatic hydroxyl groups excluding tert-OH is 1. The molecule has 0 unspecified atom stereocenters. The van der Waals surface area contributed by atoms with Gasteiger partial charge in [0, 0.05) is 52.2 Å². The quantitative estimate of drug-likeness (QED) is 0.250. The Labute approximate surface area is 217 Å². The predicted octanol–water partition coefficient (Wildman–Crippen LogP) is 4.81. The Hall–Kier alpha value is -5.15. The zero-order valence-corrected chi connectivity index (χ0v) is 20.3. The van der Waals surface area contributed by atoms with Gasteiger partial charge >= 0.3 is 0 Å². The molecule has 38 heavy (non-hydrogen) atoms. The van der Waals surface area contributed by atoms with Crippen LogP contribution in [0.1, 0.15) is 20.8 Å². The van der Waals surface area contributed by atoms with Gasteiger partial charge in [-0.05, 0) is 78.9 Å². The number of nitrogens with zero attached hydrogens (tertiary/aromatic N) is 3. The molecule has 6 rings (SSSR count). The molecule has 0 atom stereocenters. The SMILES string of the molecule is O=C(Nc1ccc2c(cnn2-c2ccc(NC(=O)c3ccc[nH]3)cc2)c1)c1ccc2c(ccn2CCO)c1. The Morgan fingerprint density at radius 1 is 0.842 bits per heavy atom. The van der Waals surface area contributed by atoms with Crippen LogP contribution in [-0.4, -0.2) is 42.9 Å². The Balaban J connectivity index is 1.17. The number of aliphatic hydroxyl groups is 1. The molecule has 9 heteroatoms. The average Bonchev–Trinajstić information content (AvgIpc) is 3.69. The maximum absolute atomic E-state index is 12.9. The molecular formula is C29H24N6O3. The highest BCUT2D eigenvalue weighted by Crippen LogP contribution is 2.24. The maximum Gasteiger partial charge on any atom is 0.272 e. The maximum atomic E-state index is 12.9. The van der Waals surface area contributed by atoms with E-state index in [0.29, 0.717) is 29.2 Å². The van der Waals surface area contributed by atoms with Gasteiger partial charge in [0.15, 0.2) is 0 Å². The molecule has 0 bridgehead atoms. The molecule has 6 aromatic rings. The van der Waals surface area contributed by atoms with Crippen LogP contribution in [0.25, 0.3) is 27.5 Å². The summed E-state index contributed by atoms with van der Waals surface area (Å²) in [7, 11) is 0. The number of aromatic amines is 1. The van der Waals surface area contributed by atoms with Gasteiger partial charge in [0.2, 0.25) is 0 Å². The van der Waals surface area contributed by atoms with Crippen molar-refractivity contribution >= 4 is 45.0 Å². The number of amides is 2. The van der Waals surface area contributed by atoms with Crippen molar-refractivity contribution in [1.82, 2.24) is 19.3 Å². The summed E-state index contributed by atoms with van der Waals surface area (Å²) in [5.41, 5.74) is 5.10. The molecule has 0 aliphatic carbocycles. The molecule has 3 aromatic carbocycles. The van der Waals surface area contributed by atoms with Crippen molar-refractivity contribution in [2.24, 2.45) is 0 Å². The largest absolute Gasteiger partial charge is 0.395 e. The van der Waals surface area contributed by atoms with E-state index in [9.17, 15) is 14.7 Å². The molecule has 9 nitrogen and oxygen atoms in total. The number of aromatic nitrogens is 4. The lowest BCUT2D eigenvalue weighted by molar-refractivity contribution is 0.101. The van der Waals surface area contributed by atoms with Gasteiger partial charge < -0.3 is 25.3 Å². The Kier molecular flexibility index (Phi) is 5.95. The van der Waals surface area contributed by atoms with Crippen molar-refractivity contribution in [3.05, 3.63) is 109 Å². The van der Waals surface area contributed by atoms with Crippen molar-refractivity contribution in [3.63, 3.8) is 0 Å². The Morgan fingerprint density at radius 2 is 1.63 bits per heavy atom. The summed E-state index contributed by atoms with van der Waals surface area (Å²) in [6.45, 7) is 0.570. The fraction of sp³-hybridized carbons (Fsp3) is 0.0690. The normalized spacial score (nSPS) is 11.2. The van der Waals surface area contributed by atoms with Gasteiger partial charge in [0.25, 0.3) is 11.8 Å². The second-order valence-corrected chi connectivity index (χ2v) is 8.88. The molecule has 0 aliphatic heterocycles. The van der Waals surface area contributed by atoms with E-state index in [2.05, 4.69) is 20.7 Å². The van der Waals surface area contributed by atoms with Crippen LogP contribution in [0.3, 0.4) is 0 Å². The summed E-state index contributed by atoms with van der Waals surface area (Å²) >= 11 is 0. The first-order chi connectivity index (χ1) is 18.6. The minimum absolute atomic E-state index is 0.0587. The predicted molar refractivity (Wildman–Crippen MR) is 147 cm³/mol. The topological polar surface area (TPSA) is 117 Å². The molecule has 0 aliphatic rings. The number of H-pyrrole nitrogens is 1. The monoisotopic (exact) mass is 504 g/mol. The van der Waals surface area contributed by atoms with Crippen molar-refractivity contribution in [2.45, 2.75) is 6.54 Å². The molecule has 4 N–H and O–H groups in total. The highest BCUT2D eigenvalue weighted by atomic mass is 16.3. The van der Waals surface area contributed by atoms with Crippen LogP contribution >= 0.6 is 0 Å². The molecule has 3 heterocycles. The average molecular weight is 505 g/mol. The first-order valence-electron chi connectivity index (χ1n) is 12.1. The Bertz CT molecular complexity index is 1760. The van der Waals surface area contributed by atoms with Gasteiger partial charge in [-0.15, -0.1) is 0 Å². The van der Waals surface area contributed by atoms with Crippen LogP contribution in [0.2, 0.25) is 0 Å². The first kappa shape index (κ1) is 23.3. The smallest absolute Gasteiger partial charge is 0.272 e. The van der Waals surface area contributed by atoms with Gasteiger partial charge in [-0.1, -0.05) is 0 Å². The third-order valence-corrected chi connectivity index (χ3v) is 6.41. The van der Waals surface area contributed by atoms with E-state index in [1.807, 2.05) is 76.1 Å². The zero-order chi connectivity index (χ0) is 26.1. The minimum Gasteiger partial charge on any atom is -0.395 e. The third-order valence-electron chi connectivity index (χ3n) is 6.41. The molecule has 3 aromatic heterocycles. The van der Waals surface area contributed by atoms with E-state index in [0.717, 1.165) is 27.5 Å². The number of nitrogens with one attached hydrogen (secondary N) is 3. The molecule has 0 fully saturated rings. The van der Waals surface area contributed by atoms with Crippen LogP contribution in [0.5, 0.6) is 0 Å². The van der Waals surface area contributed by atoms with Crippen LogP contribution in [-0.2, 0) is 6.54 Å². The number of carbonyl (C=O) groups excluding carboxylic acids is 2. The molecule has 2 amide bonds. The van der Waals surface area contributed by atoms with Crippen LogP contribution in [0.4, 0.5) is 11.4 Å². The molecule has 0 saturated heterocycles. The molecule has 188 valence electrons. The van der Waals surface area contributed by atoms with Crippen LogP contribution < -0.4 is 10.6 Å². The minimum atomic E-state index is -0.207. The van der Waals surface area contributed by atoms with E-state index >= 15 is 0 Å².